The van der Waals surface area contributed by atoms with E-state index in [0.29, 0.717) is 10.5 Å². The smallest absolute Gasteiger partial charge is 0.419 e. The summed E-state index contributed by atoms with van der Waals surface area (Å²) in [5.41, 5.74) is -1.35. The summed E-state index contributed by atoms with van der Waals surface area (Å²) in [6, 6.07) is 9.30. The monoisotopic (exact) mass is 334 g/mol. The van der Waals surface area contributed by atoms with E-state index in [0.717, 1.165) is 12.1 Å². The molecule has 2 rings (SSSR count). The second-order valence-electron chi connectivity index (χ2n) is 3.67. The molecule has 0 aliphatic carbocycles. The van der Waals surface area contributed by atoms with Crippen molar-refractivity contribution in [3.8, 4) is 11.5 Å². The molecular formula is C13H7BrF4O. The molecular weight excluding hydrogens is 328 g/mol. The maximum Gasteiger partial charge on any atom is 0.419 e. The molecule has 1 nitrogen and oxygen atoms in total. The lowest BCUT2D eigenvalue weighted by atomic mass is 10.2. The van der Waals surface area contributed by atoms with Crippen LogP contribution in [0.5, 0.6) is 11.5 Å². The van der Waals surface area contributed by atoms with Crippen molar-refractivity contribution < 1.29 is 22.3 Å². The zero-order valence-corrected chi connectivity index (χ0v) is 10.9. The lowest BCUT2D eigenvalue weighted by molar-refractivity contribution is -0.140. The van der Waals surface area contributed by atoms with Gasteiger partial charge in [-0.25, -0.2) is 4.39 Å². The van der Waals surface area contributed by atoms with Crippen molar-refractivity contribution >= 4 is 15.9 Å². The van der Waals surface area contributed by atoms with Gasteiger partial charge in [0.1, 0.15) is 5.75 Å². The van der Waals surface area contributed by atoms with Gasteiger partial charge in [0.15, 0.2) is 11.6 Å². The average Bonchev–Trinajstić information content (AvgIpc) is 2.30. The van der Waals surface area contributed by atoms with E-state index in [1.165, 1.54) is 12.1 Å². The van der Waals surface area contributed by atoms with Crippen LogP contribution < -0.4 is 4.74 Å². The molecule has 0 radical (unpaired) electrons. The van der Waals surface area contributed by atoms with E-state index in [4.69, 9.17) is 4.74 Å². The minimum absolute atomic E-state index is 0.243. The lowest BCUT2D eigenvalue weighted by Gasteiger charge is -2.12. The van der Waals surface area contributed by atoms with Gasteiger partial charge in [0, 0.05) is 4.47 Å². The number of ether oxygens (including phenoxy) is 1. The first-order chi connectivity index (χ1) is 8.88. The van der Waals surface area contributed by atoms with Crippen LogP contribution >= 0.6 is 15.9 Å². The third-order valence-corrected chi connectivity index (χ3v) is 2.79. The van der Waals surface area contributed by atoms with Crippen LogP contribution in [0.25, 0.3) is 0 Å². The Kier molecular flexibility index (Phi) is 3.80. The van der Waals surface area contributed by atoms with Gasteiger partial charge in [-0.2, -0.15) is 13.2 Å². The molecule has 0 amide bonds. The van der Waals surface area contributed by atoms with Crippen LogP contribution in [0.3, 0.4) is 0 Å². The molecule has 19 heavy (non-hydrogen) atoms. The molecule has 6 heteroatoms. The number of alkyl halides is 3. The molecule has 2 aromatic carbocycles. The van der Waals surface area contributed by atoms with Crippen LogP contribution in [0.4, 0.5) is 17.6 Å². The fourth-order valence-corrected chi connectivity index (χ4v) is 1.84. The quantitative estimate of drug-likeness (QED) is 0.668. The molecule has 0 fully saturated rings. The first-order valence-corrected chi connectivity index (χ1v) is 5.96. The molecule has 0 saturated heterocycles. The molecule has 0 bridgehead atoms. The van der Waals surface area contributed by atoms with E-state index in [9.17, 15) is 17.6 Å². The summed E-state index contributed by atoms with van der Waals surface area (Å²) in [6.45, 7) is 0. The maximum absolute atomic E-state index is 13.7. The van der Waals surface area contributed by atoms with Crippen LogP contribution in [0.2, 0.25) is 0 Å². The fraction of sp³-hybridized carbons (Fsp3) is 0.0769. The second-order valence-corrected chi connectivity index (χ2v) is 4.59. The molecule has 0 unspecified atom stereocenters. The molecule has 2 aromatic rings. The predicted molar refractivity (Wildman–Crippen MR) is 65.6 cm³/mol. The fourth-order valence-electron chi connectivity index (χ4n) is 1.47. The summed E-state index contributed by atoms with van der Waals surface area (Å²) >= 11 is 3.19. The lowest BCUT2D eigenvalue weighted by Crippen LogP contribution is -2.08. The third kappa shape index (κ3) is 3.26. The van der Waals surface area contributed by atoms with E-state index in [1.807, 2.05) is 0 Å². The number of rotatable bonds is 2. The van der Waals surface area contributed by atoms with Crippen LogP contribution in [-0.4, -0.2) is 0 Å². The minimum Gasteiger partial charge on any atom is -0.454 e. The van der Waals surface area contributed by atoms with E-state index in [1.54, 1.807) is 12.1 Å². The van der Waals surface area contributed by atoms with E-state index < -0.39 is 23.3 Å². The van der Waals surface area contributed by atoms with Crippen molar-refractivity contribution in [1.82, 2.24) is 0 Å². The van der Waals surface area contributed by atoms with Gasteiger partial charge in [0.05, 0.1) is 5.56 Å². The molecule has 0 atom stereocenters. The Labute approximate surface area is 114 Å². The summed E-state index contributed by atoms with van der Waals surface area (Å²) in [5, 5.41) is 0. The van der Waals surface area contributed by atoms with Crippen molar-refractivity contribution in [1.29, 1.82) is 0 Å². The topological polar surface area (TPSA) is 9.23 Å². The van der Waals surface area contributed by atoms with Crippen LogP contribution in [-0.2, 0) is 6.18 Å². The van der Waals surface area contributed by atoms with Crippen molar-refractivity contribution in [2.24, 2.45) is 0 Å². The largest absolute Gasteiger partial charge is 0.454 e. The Morgan fingerprint density at radius 2 is 1.68 bits per heavy atom. The first-order valence-electron chi connectivity index (χ1n) is 5.17. The number of halogens is 5. The Hall–Kier alpha value is -1.56. The van der Waals surface area contributed by atoms with Gasteiger partial charge in [-0.3, -0.25) is 0 Å². The zero-order valence-electron chi connectivity index (χ0n) is 9.34. The molecule has 100 valence electrons. The minimum atomic E-state index is -4.75. The maximum atomic E-state index is 13.7. The highest BCUT2D eigenvalue weighted by Crippen LogP contribution is 2.36. The van der Waals surface area contributed by atoms with Crippen LogP contribution in [0, 0.1) is 5.82 Å². The summed E-state index contributed by atoms with van der Waals surface area (Å²) in [6.07, 6.45) is -4.75. The standard InChI is InChI=1S/C13H7BrF4O/c14-8-3-1-4-9(7-8)19-11-6-2-5-10(12(11)15)13(16,17)18/h1-7H. The second kappa shape index (κ2) is 5.21. The number of hydrogen-bond acceptors (Lipinski definition) is 1. The van der Waals surface area contributed by atoms with Crippen molar-refractivity contribution in [2.45, 2.75) is 6.18 Å². The highest BCUT2D eigenvalue weighted by Gasteiger charge is 2.35. The van der Waals surface area contributed by atoms with Crippen LogP contribution in [0.15, 0.2) is 46.9 Å². The van der Waals surface area contributed by atoms with Gasteiger partial charge in [-0.1, -0.05) is 28.1 Å². The van der Waals surface area contributed by atoms with Crippen molar-refractivity contribution in [2.75, 3.05) is 0 Å². The van der Waals surface area contributed by atoms with Gasteiger partial charge in [0.2, 0.25) is 0 Å². The molecule has 0 aromatic heterocycles. The molecule has 0 aliphatic heterocycles. The third-order valence-electron chi connectivity index (χ3n) is 2.29. The number of benzene rings is 2. The highest BCUT2D eigenvalue weighted by atomic mass is 79.9. The van der Waals surface area contributed by atoms with Gasteiger partial charge < -0.3 is 4.74 Å². The molecule has 0 N–H and O–H groups in total. The Balaban J connectivity index is 2.36. The van der Waals surface area contributed by atoms with E-state index in [-0.39, 0.29) is 5.75 Å². The van der Waals surface area contributed by atoms with Gasteiger partial charge >= 0.3 is 6.18 Å². The van der Waals surface area contributed by atoms with Crippen molar-refractivity contribution in [3.05, 3.63) is 58.3 Å². The summed E-state index contributed by atoms with van der Waals surface area (Å²) < 4.78 is 57.1. The van der Waals surface area contributed by atoms with Gasteiger partial charge in [0.25, 0.3) is 0 Å². The molecule has 0 heterocycles. The number of hydrogen-bond donors (Lipinski definition) is 0. The highest BCUT2D eigenvalue weighted by molar-refractivity contribution is 9.10. The van der Waals surface area contributed by atoms with Gasteiger partial charge in [-0.05, 0) is 30.3 Å². The van der Waals surface area contributed by atoms with E-state index >= 15 is 0 Å². The Morgan fingerprint density at radius 1 is 1.00 bits per heavy atom. The summed E-state index contributed by atoms with van der Waals surface area (Å²) in [4.78, 5) is 0. The Bertz CT molecular complexity index is 595. The SMILES string of the molecule is Fc1c(Oc2cccc(Br)c2)cccc1C(F)(F)F. The van der Waals surface area contributed by atoms with Crippen molar-refractivity contribution in [3.63, 3.8) is 0 Å². The Morgan fingerprint density at radius 3 is 2.32 bits per heavy atom. The summed E-state index contributed by atoms with van der Waals surface area (Å²) in [5.74, 6) is -1.64. The summed E-state index contributed by atoms with van der Waals surface area (Å²) in [7, 11) is 0. The van der Waals surface area contributed by atoms with Crippen LogP contribution in [0.1, 0.15) is 5.56 Å². The van der Waals surface area contributed by atoms with Gasteiger partial charge in [-0.15, -0.1) is 0 Å². The molecule has 0 aliphatic rings. The molecule has 0 saturated carbocycles. The van der Waals surface area contributed by atoms with E-state index in [2.05, 4.69) is 15.9 Å². The average molecular weight is 335 g/mol. The first kappa shape index (κ1) is 13.9. The normalized spacial score (nSPS) is 11.4. The predicted octanol–water partition coefficient (Wildman–Crippen LogP) is 5.40. The molecule has 0 spiro atoms. The zero-order chi connectivity index (χ0) is 14.0.